The highest BCUT2D eigenvalue weighted by Crippen LogP contribution is 2.24. The number of pyridine rings is 1. The minimum Gasteiger partial charge on any atom is -0.409 e. The van der Waals surface area contributed by atoms with E-state index in [2.05, 4.69) is 27.0 Å². The van der Waals surface area contributed by atoms with E-state index in [9.17, 15) is 0 Å². The molecule has 116 valence electrons. The molecule has 0 spiro atoms. The van der Waals surface area contributed by atoms with Gasteiger partial charge in [-0.05, 0) is 51.9 Å². The zero-order valence-corrected chi connectivity index (χ0v) is 13.3. The minimum absolute atomic E-state index is 0.113. The van der Waals surface area contributed by atoms with Crippen molar-refractivity contribution in [3.63, 3.8) is 0 Å². The lowest BCUT2D eigenvalue weighted by Crippen LogP contribution is -2.38. The number of rotatable bonds is 4. The predicted octanol–water partition coefficient (Wildman–Crippen LogP) is 1.32. The maximum atomic E-state index is 9.02. The molecule has 1 saturated heterocycles. The van der Waals surface area contributed by atoms with Crippen LogP contribution in [0.2, 0.25) is 0 Å². The SMILES string of the molecule is Cc1cc(C)c(C(N)=NO)c(N(C)CC2CCCN2C)n1. The largest absolute Gasteiger partial charge is 0.409 e. The van der Waals surface area contributed by atoms with E-state index < -0.39 is 0 Å². The van der Waals surface area contributed by atoms with Gasteiger partial charge in [-0.15, -0.1) is 0 Å². The number of likely N-dealkylation sites (tertiary alicyclic amines) is 1. The van der Waals surface area contributed by atoms with Crippen molar-refractivity contribution in [2.45, 2.75) is 32.7 Å². The molecule has 1 aromatic heterocycles. The van der Waals surface area contributed by atoms with Gasteiger partial charge in [0, 0.05) is 25.3 Å². The summed E-state index contributed by atoms with van der Waals surface area (Å²) in [5.74, 6) is 0.893. The molecule has 0 bridgehead atoms. The van der Waals surface area contributed by atoms with Crippen LogP contribution in [0.3, 0.4) is 0 Å². The molecule has 0 radical (unpaired) electrons. The van der Waals surface area contributed by atoms with Gasteiger partial charge in [0.05, 0.1) is 5.56 Å². The summed E-state index contributed by atoms with van der Waals surface area (Å²) >= 11 is 0. The van der Waals surface area contributed by atoms with E-state index in [1.54, 1.807) is 0 Å². The maximum absolute atomic E-state index is 9.02. The van der Waals surface area contributed by atoms with Crippen LogP contribution in [0.15, 0.2) is 11.2 Å². The van der Waals surface area contributed by atoms with E-state index in [1.807, 2.05) is 27.0 Å². The number of hydrogen-bond acceptors (Lipinski definition) is 5. The van der Waals surface area contributed by atoms with Crippen LogP contribution in [-0.4, -0.2) is 54.2 Å². The zero-order valence-electron chi connectivity index (χ0n) is 13.3. The van der Waals surface area contributed by atoms with Crippen molar-refractivity contribution in [1.29, 1.82) is 0 Å². The first-order valence-electron chi connectivity index (χ1n) is 7.31. The smallest absolute Gasteiger partial charge is 0.174 e. The van der Waals surface area contributed by atoms with E-state index in [4.69, 9.17) is 10.9 Å². The number of likely N-dealkylation sites (N-methyl/N-ethyl adjacent to an activating group) is 2. The van der Waals surface area contributed by atoms with Crippen LogP contribution >= 0.6 is 0 Å². The number of aryl methyl sites for hydroxylation is 2. The second-order valence-electron chi connectivity index (χ2n) is 5.92. The van der Waals surface area contributed by atoms with Crippen molar-refractivity contribution < 1.29 is 5.21 Å². The molecule has 0 amide bonds. The molecule has 0 aromatic carbocycles. The molecule has 0 aliphatic carbocycles. The normalized spacial score (nSPS) is 20.0. The van der Waals surface area contributed by atoms with E-state index in [0.29, 0.717) is 11.6 Å². The third-order valence-electron chi connectivity index (χ3n) is 4.21. The fourth-order valence-electron chi connectivity index (χ4n) is 3.07. The zero-order chi connectivity index (χ0) is 15.6. The minimum atomic E-state index is 0.113. The molecular formula is C15H25N5O. The van der Waals surface area contributed by atoms with E-state index in [0.717, 1.165) is 30.2 Å². The van der Waals surface area contributed by atoms with Crippen LogP contribution in [0.1, 0.15) is 29.7 Å². The molecule has 1 aliphatic rings. The van der Waals surface area contributed by atoms with Crippen LogP contribution < -0.4 is 10.6 Å². The molecule has 2 rings (SSSR count). The Labute approximate surface area is 126 Å². The standard InChI is InChI=1S/C15H25N5O/c1-10-8-11(2)17-15(13(10)14(16)18-21)20(4)9-12-6-5-7-19(12)3/h8,12,21H,5-7,9H2,1-4H3,(H2,16,18). The van der Waals surface area contributed by atoms with Gasteiger partial charge in [0.2, 0.25) is 0 Å². The van der Waals surface area contributed by atoms with Crippen molar-refractivity contribution in [1.82, 2.24) is 9.88 Å². The molecule has 6 nitrogen and oxygen atoms in total. The Hall–Kier alpha value is -1.82. The average molecular weight is 291 g/mol. The second-order valence-corrected chi connectivity index (χ2v) is 5.92. The Balaban J connectivity index is 2.33. The second kappa shape index (κ2) is 6.30. The Morgan fingerprint density at radius 3 is 2.86 bits per heavy atom. The first kappa shape index (κ1) is 15.6. The number of nitrogens with zero attached hydrogens (tertiary/aromatic N) is 4. The molecule has 21 heavy (non-hydrogen) atoms. The van der Waals surface area contributed by atoms with Crippen molar-refractivity contribution in [2.75, 3.05) is 32.1 Å². The Morgan fingerprint density at radius 2 is 2.29 bits per heavy atom. The Morgan fingerprint density at radius 1 is 1.57 bits per heavy atom. The lowest BCUT2D eigenvalue weighted by Gasteiger charge is -2.28. The third-order valence-corrected chi connectivity index (χ3v) is 4.21. The van der Waals surface area contributed by atoms with Crippen molar-refractivity contribution in [2.24, 2.45) is 10.9 Å². The first-order chi connectivity index (χ1) is 9.93. The molecule has 2 heterocycles. The fraction of sp³-hybridized carbons (Fsp3) is 0.600. The molecular weight excluding hydrogens is 266 g/mol. The van der Waals surface area contributed by atoms with Gasteiger partial charge in [-0.1, -0.05) is 5.16 Å². The molecule has 0 saturated carbocycles. The quantitative estimate of drug-likeness (QED) is 0.379. The summed E-state index contributed by atoms with van der Waals surface area (Å²) in [6.07, 6.45) is 2.44. The van der Waals surface area contributed by atoms with Crippen LogP contribution in [0, 0.1) is 13.8 Å². The molecule has 1 aliphatic heterocycles. The summed E-state index contributed by atoms with van der Waals surface area (Å²) < 4.78 is 0. The summed E-state index contributed by atoms with van der Waals surface area (Å²) in [5, 5.41) is 12.2. The van der Waals surface area contributed by atoms with Crippen molar-refractivity contribution in [3.8, 4) is 0 Å². The molecule has 1 fully saturated rings. The summed E-state index contributed by atoms with van der Waals surface area (Å²) in [4.78, 5) is 9.09. The highest BCUT2D eigenvalue weighted by Gasteiger charge is 2.24. The number of hydrogen-bond donors (Lipinski definition) is 2. The summed E-state index contributed by atoms with van der Waals surface area (Å²) in [6.45, 7) is 5.95. The molecule has 1 atom stereocenters. The first-order valence-corrected chi connectivity index (χ1v) is 7.31. The Bertz CT molecular complexity index is 543. The van der Waals surface area contributed by atoms with Gasteiger partial charge in [0.15, 0.2) is 5.84 Å². The van der Waals surface area contributed by atoms with Gasteiger partial charge in [0.25, 0.3) is 0 Å². The van der Waals surface area contributed by atoms with Gasteiger partial charge in [0.1, 0.15) is 5.82 Å². The summed E-state index contributed by atoms with van der Waals surface area (Å²) in [5.41, 5.74) is 8.46. The van der Waals surface area contributed by atoms with Crippen molar-refractivity contribution in [3.05, 3.63) is 22.9 Å². The maximum Gasteiger partial charge on any atom is 0.174 e. The van der Waals surface area contributed by atoms with E-state index in [-0.39, 0.29) is 5.84 Å². The van der Waals surface area contributed by atoms with Crippen LogP contribution in [0.4, 0.5) is 5.82 Å². The summed E-state index contributed by atoms with van der Waals surface area (Å²) in [7, 11) is 4.17. The van der Waals surface area contributed by atoms with Gasteiger partial charge in [-0.2, -0.15) is 0 Å². The number of oxime groups is 1. The van der Waals surface area contributed by atoms with Gasteiger partial charge in [-0.3, -0.25) is 0 Å². The predicted molar refractivity (Wildman–Crippen MR) is 85.1 cm³/mol. The topological polar surface area (TPSA) is 78.0 Å². The van der Waals surface area contributed by atoms with Gasteiger partial charge in [-0.25, -0.2) is 4.98 Å². The van der Waals surface area contributed by atoms with E-state index >= 15 is 0 Å². The highest BCUT2D eigenvalue weighted by molar-refractivity contribution is 6.02. The fourth-order valence-corrected chi connectivity index (χ4v) is 3.07. The Kier molecular flexibility index (Phi) is 4.67. The molecule has 3 N–H and O–H groups in total. The lowest BCUT2D eigenvalue weighted by atomic mass is 10.1. The van der Waals surface area contributed by atoms with Crippen LogP contribution in [-0.2, 0) is 0 Å². The highest BCUT2D eigenvalue weighted by atomic mass is 16.4. The van der Waals surface area contributed by atoms with Crippen LogP contribution in [0.5, 0.6) is 0 Å². The van der Waals surface area contributed by atoms with Crippen LogP contribution in [0.25, 0.3) is 0 Å². The number of amidine groups is 1. The lowest BCUT2D eigenvalue weighted by molar-refractivity contribution is 0.313. The molecule has 1 aromatic rings. The van der Waals surface area contributed by atoms with E-state index in [1.165, 1.54) is 12.8 Å². The summed E-state index contributed by atoms with van der Waals surface area (Å²) in [6, 6.07) is 2.48. The number of aromatic nitrogens is 1. The molecule has 6 heteroatoms. The van der Waals surface area contributed by atoms with Gasteiger partial charge < -0.3 is 20.7 Å². The number of nitrogens with two attached hydrogens (primary N) is 1. The average Bonchev–Trinajstić information content (AvgIpc) is 2.82. The van der Waals surface area contributed by atoms with Crippen molar-refractivity contribution >= 4 is 11.7 Å². The number of anilines is 1. The third kappa shape index (κ3) is 3.26. The van der Waals surface area contributed by atoms with Gasteiger partial charge >= 0.3 is 0 Å². The molecule has 1 unspecified atom stereocenters. The monoisotopic (exact) mass is 291 g/mol.